The fourth-order valence-electron chi connectivity index (χ4n) is 1.83. The molecule has 0 aromatic carbocycles. The molecule has 2 rings (SSSR count). The van der Waals surface area contributed by atoms with E-state index >= 15 is 0 Å². The minimum absolute atomic E-state index is 0.0982. The number of amides is 1. The van der Waals surface area contributed by atoms with Gasteiger partial charge in [0, 0.05) is 0 Å². The molecule has 1 unspecified atom stereocenters. The summed E-state index contributed by atoms with van der Waals surface area (Å²) in [5.74, 6) is 0.982. The van der Waals surface area contributed by atoms with E-state index in [0.29, 0.717) is 5.92 Å². The molecular formula is C12H18N2O2. The molecule has 1 aliphatic rings. The molecule has 1 aliphatic carbocycles. The molecule has 0 saturated heterocycles. The van der Waals surface area contributed by atoms with Crippen LogP contribution in [-0.2, 0) is 4.79 Å². The molecule has 1 aromatic rings. The van der Waals surface area contributed by atoms with Crippen molar-refractivity contribution in [3.63, 3.8) is 0 Å². The lowest BCUT2D eigenvalue weighted by molar-refractivity contribution is -0.127. The van der Waals surface area contributed by atoms with E-state index in [1.807, 2.05) is 13.0 Å². The van der Waals surface area contributed by atoms with Gasteiger partial charge in [0.15, 0.2) is 0 Å². The van der Waals surface area contributed by atoms with E-state index in [9.17, 15) is 4.79 Å². The van der Waals surface area contributed by atoms with E-state index in [4.69, 9.17) is 10.2 Å². The zero-order chi connectivity index (χ0) is 11.8. The highest BCUT2D eigenvalue weighted by Crippen LogP contribution is 2.38. The van der Waals surface area contributed by atoms with Crippen molar-refractivity contribution in [2.24, 2.45) is 11.7 Å². The molecule has 0 spiro atoms. The molecule has 0 bridgehead atoms. The van der Waals surface area contributed by atoms with Crippen LogP contribution < -0.4 is 11.1 Å². The Morgan fingerprint density at radius 3 is 2.88 bits per heavy atom. The van der Waals surface area contributed by atoms with Gasteiger partial charge in [0.1, 0.15) is 5.76 Å². The maximum Gasteiger partial charge on any atom is 0.240 e. The van der Waals surface area contributed by atoms with Crippen LogP contribution in [0.15, 0.2) is 22.8 Å². The normalized spacial score (nSPS) is 21.2. The van der Waals surface area contributed by atoms with Crippen LogP contribution in [0.2, 0.25) is 0 Å². The highest BCUT2D eigenvalue weighted by Gasteiger charge is 2.44. The van der Waals surface area contributed by atoms with Gasteiger partial charge in [-0.2, -0.15) is 0 Å². The zero-order valence-corrected chi connectivity index (χ0v) is 9.69. The number of carbonyl (C=O) groups is 1. The molecular weight excluding hydrogens is 204 g/mol. The van der Waals surface area contributed by atoms with Crippen molar-refractivity contribution in [2.45, 2.75) is 38.3 Å². The summed E-state index contributed by atoms with van der Waals surface area (Å²) < 4.78 is 5.23. The van der Waals surface area contributed by atoms with Crippen LogP contribution in [0.1, 0.15) is 38.5 Å². The summed E-state index contributed by atoms with van der Waals surface area (Å²) in [4.78, 5) is 12.0. The van der Waals surface area contributed by atoms with Crippen molar-refractivity contribution in [1.82, 2.24) is 5.32 Å². The summed E-state index contributed by atoms with van der Waals surface area (Å²) in [5.41, 5.74) is 5.28. The first kappa shape index (κ1) is 11.2. The minimum atomic E-state index is -0.749. The van der Waals surface area contributed by atoms with Gasteiger partial charge in [-0.3, -0.25) is 4.79 Å². The predicted molar refractivity (Wildman–Crippen MR) is 60.6 cm³/mol. The Morgan fingerprint density at radius 2 is 2.38 bits per heavy atom. The Bertz CT molecular complexity index is 366. The largest absolute Gasteiger partial charge is 0.467 e. The van der Waals surface area contributed by atoms with Gasteiger partial charge in [0.2, 0.25) is 5.91 Å². The monoisotopic (exact) mass is 222 g/mol. The van der Waals surface area contributed by atoms with Crippen molar-refractivity contribution in [3.8, 4) is 0 Å². The molecule has 3 N–H and O–H groups in total. The van der Waals surface area contributed by atoms with Gasteiger partial charge < -0.3 is 15.5 Å². The third-order valence-corrected chi connectivity index (χ3v) is 3.23. The van der Waals surface area contributed by atoms with E-state index < -0.39 is 5.54 Å². The van der Waals surface area contributed by atoms with Crippen molar-refractivity contribution in [1.29, 1.82) is 0 Å². The number of carbonyl (C=O) groups excluding carboxylic acids is 1. The summed E-state index contributed by atoms with van der Waals surface area (Å²) >= 11 is 0. The first-order chi connectivity index (χ1) is 7.51. The van der Waals surface area contributed by atoms with Crippen LogP contribution in [0.4, 0.5) is 0 Å². The van der Waals surface area contributed by atoms with Crippen LogP contribution in [0.3, 0.4) is 0 Å². The average molecular weight is 222 g/mol. The first-order valence-corrected chi connectivity index (χ1v) is 5.65. The van der Waals surface area contributed by atoms with Crippen molar-refractivity contribution < 1.29 is 9.21 Å². The summed E-state index contributed by atoms with van der Waals surface area (Å²) in [5, 5.41) is 2.89. The van der Waals surface area contributed by atoms with Gasteiger partial charge in [0.05, 0.1) is 17.8 Å². The highest BCUT2D eigenvalue weighted by molar-refractivity contribution is 5.86. The lowest BCUT2D eigenvalue weighted by atomic mass is 9.96. The van der Waals surface area contributed by atoms with E-state index in [-0.39, 0.29) is 11.9 Å². The Labute approximate surface area is 95.2 Å². The maximum atomic E-state index is 12.0. The third-order valence-electron chi connectivity index (χ3n) is 3.23. The van der Waals surface area contributed by atoms with E-state index in [1.165, 1.54) is 0 Å². The van der Waals surface area contributed by atoms with Gasteiger partial charge >= 0.3 is 0 Å². The van der Waals surface area contributed by atoms with Gasteiger partial charge in [-0.25, -0.2) is 0 Å². The summed E-state index contributed by atoms with van der Waals surface area (Å²) in [6, 6.07) is 3.51. The van der Waals surface area contributed by atoms with Crippen molar-refractivity contribution >= 4 is 5.91 Å². The summed E-state index contributed by atoms with van der Waals surface area (Å²) in [6.45, 7) is 3.69. The Morgan fingerprint density at radius 1 is 1.69 bits per heavy atom. The number of nitrogens with one attached hydrogen (secondary N) is 1. The van der Waals surface area contributed by atoms with E-state index in [1.54, 1.807) is 19.3 Å². The molecule has 1 aromatic heterocycles. The molecule has 4 nitrogen and oxygen atoms in total. The van der Waals surface area contributed by atoms with Crippen molar-refractivity contribution in [3.05, 3.63) is 24.2 Å². The Hall–Kier alpha value is -1.29. The van der Waals surface area contributed by atoms with Gasteiger partial charge in [-0.15, -0.1) is 0 Å². The lowest BCUT2D eigenvalue weighted by Gasteiger charge is -2.25. The van der Waals surface area contributed by atoms with Crippen LogP contribution in [0.25, 0.3) is 0 Å². The molecule has 1 fully saturated rings. The number of hydrogen-bond acceptors (Lipinski definition) is 3. The van der Waals surface area contributed by atoms with Crippen LogP contribution in [-0.4, -0.2) is 11.4 Å². The predicted octanol–water partition coefficient (Wildman–Crippen LogP) is 1.58. The third kappa shape index (κ3) is 2.11. The van der Waals surface area contributed by atoms with Gasteiger partial charge in [0.25, 0.3) is 0 Å². The number of rotatable bonds is 4. The maximum absolute atomic E-state index is 12.0. The molecule has 4 heteroatoms. The Balaban J connectivity index is 1.97. The smallest absolute Gasteiger partial charge is 0.240 e. The second kappa shape index (κ2) is 3.94. The average Bonchev–Trinajstić information content (AvgIpc) is 2.95. The fourth-order valence-corrected chi connectivity index (χ4v) is 1.83. The van der Waals surface area contributed by atoms with Crippen LogP contribution >= 0.6 is 0 Å². The van der Waals surface area contributed by atoms with E-state index in [0.717, 1.165) is 18.6 Å². The second-order valence-corrected chi connectivity index (χ2v) is 4.77. The molecule has 1 amide bonds. The molecule has 1 heterocycles. The molecule has 2 atom stereocenters. The SMILES string of the molecule is C[C@@H](NC(=O)C(C)(N)C1CC1)c1ccco1. The molecule has 16 heavy (non-hydrogen) atoms. The highest BCUT2D eigenvalue weighted by atomic mass is 16.3. The fraction of sp³-hybridized carbons (Fsp3) is 0.583. The van der Waals surface area contributed by atoms with Gasteiger partial charge in [-0.1, -0.05) is 0 Å². The molecule has 0 radical (unpaired) electrons. The molecule has 0 aliphatic heterocycles. The van der Waals surface area contributed by atoms with E-state index in [2.05, 4.69) is 5.32 Å². The standard InChI is InChI=1S/C12H18N2O2/c1-8(10-4-3-7-16-10)14-11(15)12(2,13)9-5-6-9/h3-4,7-9H,5-6,13H2,1-2H3,(H,14,15)/t8-,12?/m1/s1. The number of nitrogens with two attached hydrogens (primary N) is 1. The quantitative estimate of drug-likeness (QED) is 0.812. The second-order valence-electron chi connectivity index (χ2n) is 4.77. The van der Waals surface area contributed by atoms with Crippen LogP contribution in [0.5, 0.6) is 0 Å². The Kier molecular flexibility index (Phi) is 2.76. The zero-order valence-electron chi connectivity index (χ0n) is 9.69. The van der Waals surface area contributed by atoms with Gasteiger partial charge in [-0.05, 0) is 44.7 Å². The molecule has 1 saturated carbocycles. The topological polar surface area (TPSA) is 68.3 Å². The van der Waals surface area contributed by atoms with Crippen LogP contribution in [0, 0.1) is 5.92 Å². The first-order valence-electron chi connectivity index (χ1n) is 5.65. The lowest BCUT2D eigenvalue weighted by Crippen LogP contribution is -2.53. The molecule has 88 valence electrons. The summed E-state index contributed by atoms with van der Waals surface area (Å²) in [7, 11) is 0. The number of hydrogen-bond donors (Lipinski definition) is 2. The minimum Gasteiger partial charge on any atom is -0.467 e. The number of furan rings is 1. The summed E-state index contributed by atoms with van der Waals surface area (Å²) in [6.07, 6.45) is 3.70. The van der Waals surface area contributed by atoms with Crippen molar-refractivity contribution in [2.75, 3.05) is 0 Å².